The molecule has 0 atom stereocenters. The van der Waals surface area contributed by atoms with Crippen molar-refractivity contribution in [2.24, 2.45) is 0 Å². The highest BCUT2D eigenvalue weighted by Gasteiger charge is 2.06. The van der Waals surface area contributed by atoms with Gasteiger partial charge in [0.15, 0.2) is 0 Å². The summed E-state index contributed by atoms with van der Waals surface area (Å²) in [6.07, 6.45) is 2.24. The summed E-state index contributed by atoms with van der Waals surface area (Å²) in [5.41, 5.74) is 1.51. The van der Waals surface area contributed by atoms with Crippen LogP contribution in [-0.2, 0) is 47.4 Å². The smallest absolute Gasteiger partial charge is 0.338 e. The Labute approximate surface area is 244 Å². The van der Waals surface area contributed by atoms with Crippen molar-refractivity contribution in [3.63, 3.8) is 0 Å². The van der Waals surface area contributed by atoms with E-state index in [1.54, 1.807) is 12.1 Å². The van der Waals surface area contributed by atoms with Crippen molar-refractivity contribution in [2.45, 2.75) is 26.7 Å². The van der Waals surface area contributed by atoms with Crippen LogP contribution in [0.2, 0.25) is 0 Å². The standard InChI is InChI=1S/C29H49NO11/c1-3-4-9-30-28-7-5-27(6-8-28)29(32)41-25-23-39-21-19-37-17-15-35-13-11-33-10-12-34-14-16-36-18-20-38-22-24-40-26(2)31/h5-8,30H,3-4,9-25H2,1-2H3. The minimum absolute atomic E-state index is 0.188. The molecule has 0 aliphatic heterocycles. The maximum atomic E-state index is 12.1. The zero-order valence-corrected chi connectivity index (χ0v) is 24.7. The van der Waals surface area contributed by atoms with Crippen LogP contribution >= 0.6 is 0 Å². The van der Waals surface area contributed by atoms with Gasteiger partial charge in [-0.15, -0.1) is 0 Å². The lowest BCUT2D eigenvalue weighted by atomic mass is 10.2. The molecule has 1 aromatic carbocycles. The van der Waals surface area contributed by atoms with E-state index in [0.717, 1.165) is 25.1 Å². The predicted molar refractivity (Wildman–Crippen MR) is 152 cm³/mol. The highest BCUT2D eigenvalue weighted by atomic mass is 16.6. The molecule has 12 heteroatoms. The van der Waals surface area contributed by atoms with Gasteiger partial charge >= 0.3 is 11.9 Å². The SMILES string of the molecule is CCCCNc1ccc(C(=O)OCCOCCOCCOCCOCCOCCOCCOCCOC(C)=O)cc1. The number of hydrogen-bond donors (Lipinski definition) is 1. The summed E-state index contributed by atoms with van der Waals surface area (Å²) in [5.74, 6) is -0.678. The van der Waals surface area contributed by atoms with Crippen LogP contribution in [0.5, 0.6) is 0 Å². The van der Waals surface area contributed by atoms with Crippen LogP contribution < -0.4 is 5.32 Å². The van der Waals surface area contributed by atoms with Crippen molar-refractivity contribution in [3.05, 3.63) is 29.8 Å². The fourth-order valence-electron chi connectivity index (χ4n) is 3.08. The first-order valence-corrected chi connectivity index (χ1v) is 14.3. The Kier molecular flexibility index (Phi) is 24.9. The lowest BCUT2D eigenvalue weighted by Crippen LogP contribution is -2.15. The minimum atomic E-state index is -0.363. The van der Waals surface area contributed by atoms with Crippen LogP contribution in [-0.4, -0.2) is 124 Å². The number of unbranched alkanes of at least 4 members (excludes halogenated alkanes) is 1. The van der Waals surface area contributed by atoms with Crippen LogP contribution in [0.4, 0.5) is 5.69 Å². The summed E-state index contributed by atoms with van der Waals surface area (Å²) in [6, 6.07) is 7.27. The molecule has 0 saturated carbocycles. The Bertz CT molecular complexity index is 749. The normalized spacial score (nSPS) is 11.0. The van der Waals surface area contributed by atoms with Gasteiger partial charge in [0.1, 0.15) is 13.2 Å². The summed E-state index contributed by atoms with van der Waals surface area (Å²) in [6.45, 7) is 11.1. The maximum absolute atomic E-state index is 12.1. The van der Waals surface area contributed by atoms with E-state index in [-0.39, 0.29) is 25.2 Å². The van der Waals surface area contributed by atoms with Crippen molar-refractivity contribution in [1.29, 1.82) is 0 Å². The van der Waals surface area contributed by atoms with Crippen LogP contribution in [0.3, 0.4) is 0 Å². The molecule has 0 aromatic heterocycles. The van der Waals surface area contributed by atoms with Crippen molar-refractivity contribution >= 4 is 17.6 Å². The zero-order valence-electron chi connectivity index (χ0n) is 24.7. The second-order valence-corrected chi connectivity index (χ2v) is 8.62. The van der Waals surface area contributed by atoms with E-state index in [4.69, 9.17) is 42.6 Å². The molecule has 0 heterocycles. The van der Waals surface area contributed by atoms with Gasteiger partial charge in [0.25, 0.3) is 0 Å². The summed E-state index contributed by atoms with van der Waals surface area (Å²) in [5, 5.41) is 3.31. The number of nitrogens with one attached hydrogen (secondary N) is 1. The highest BCUT2D eigenvalue weighted by Crippen LogP contribution is 2.10. The number of rotatable bonds is 29. The van der Waals surface area contributed by atoms with Crippen LogP contribution in [0.25, 0.3) is 0 Å². The van der Waals surface area contributed by atoms with E-state index in [2.05, 4.69) is 12.2 Å². The zero-order chi connectivity index (χ0) is 29.6. The average molecular weight is 588 g/mol. The van der Waals surface area contributed by atoms with E-state index in [9.17, 15) is 9.59 Å². The first-order chi connectivity index (χ1) is 20.1. The Balaban J connectivity index is 1.75. The van der Waals surface area contributed by atoms with Gasteiger partial charge in [0.2, 0.25) is 0 Å². The Hall–Kier alpha value is -2.32. The lowest BCUT2D eigenvalue weighted by molar-refractivity contribution is -0.142. The minimum Gasteiger partial charge on any atom is -0.463 e. The second kappa shape index (κ2) is 27.8. The highest BCUT2D eigenvalue weighted by molar-refractivity contribution is 5.89. The average Bonchev–Trinajstić information content (AvgIpc) is 2.97. The summed E-state index contributed by atoms with van der Waals surface area (Å²) < 4.78 is 47.8. The van der Waals surface area contributed by atoms with Gasteiger partial charge in [0.05, 0.1) is 98.1 Å². The Morgan fingerprint density at radius 1 is 0.561 bits per heavy atom. The van der Waals surface area contributed by atoms with E-state index < -0.39 is 0 Å². The molecule has 0 radical (unpaired) electrons. The van der Waals surface area contributed by atoms with Crippen LogP contribution in [0.15, 0.2) is 24.3 Å². The molecule has 1 N–H and O–H groups in total. The molecular weight excluding hydrogens is 538 g/mol. The third kappa shape index (κ3) is 24.0. The molecule has 0 aliphatic rings. The van der Waals surface area contributed by atoms with Gasteiger partial charge in [-0.3, -0.25) is 4.79 Å². The maximum Gasteiger partial charge on any atom is 0.338 e. The molecule has 12 nitrogen and oxygen atoms in total. The molecule has 0 unspecified atom stereocenters. The fraction of sp³-hybridized carbons (Fsp3) is 0.724. The summed E-state index contributed by atoms with van der Waals surface area (Å²) >= 11 is 0. The number of carbonyl (C=O) groups excluding carboxylic acids is 2. The van der Waals surface area contributed by atoms with Crippen LogP contribution in [0, 0.1) is 0 Å². The van der Waals surface area contributed by atoms with Crippen LogP contribution in [0.1, 0.15) is 37.0 Å². The van der Waals surface area contributed by atoms with Crippen molar-refractivity contribution in [2.75, 3.05) is 118 Å². The predicted octanol–water partition coefficient (Wildman–Crippen LogP) is 2.73. The van der Waals surface area contributed by atoms with E-state index in [0.29, 0.717) is 98.1 Å². The fourth-order valence-corrected chi connectivity index (χ4v) is 3.08. The molecule has 0 fully saturated rings. The molecule has 0 bridgehead atoms. The Morgan fingerprint density at radius 3 is 1.29 bits per heavy atom. The lowest BCUT2D eigenvalue weighted by Gasteiger charge is -2.09. The molecule has 1 rings (SSSR count). The number of benzene rings is 1. The first kappa shape index (κ1) is 36.7. The number of hydrogen-bond acceptors (Lipinski definition) is 12. The topological polar surface area (TPSA) is 129 Å². The van der Waals surface area contributed by atoms with Crippen molar-refractivity contribution in [3.8, 4) is 0 Å². The largest absolute Gasteiger partial charge is 0.463 e. The van der Waals surface area contributed by atoms with Crippen molar-refractivity contribution < 1.29 is 52.2 Å². The second-order valence-electron chi connectivity index (χ2n) is 8.62. The molecule has 0 saturated heterocycles. The van der Waals surface area contributed by atoms with Gasteiger partial charge in [-0.2, -0.15) is 0 Å². The summed E-state index contributed by atoms with van der Waals surface area (Å²) in [7, 11) is 0. The third-order valence-corrected chi connectivity index (χ3v) is 5.21. The molecular formula is C29H49NO11. The van der Waals surface area contributed by atoms with Gasteiger partial charge in [0, 0.05) is 19.2 Å². The van der Waals surface area contributed by atoms with Gasteiger partial charge < -0.3 is 47.9 Å². The molecule has 41 heavy (non-hydrogen) atoms. The number of esters is 2. The van der Waals surface area contributed by atoms with Gasteiger partial charge in [-0.1, -0.05) is 13.3 Å². The van der Waals surface area contributed by atoms with E-state index >= 15 is 0 Å². The van der Waals surface area contributed by atoms with Gasteiger partial charge in [-0.25, -0.2) is 4.79 Å². The number of ether oxygens (including phenoxy) is 9. The third-order valence-electron chi connectivity index (χ3n) is 5.21. The van der Waals surface area contributed by atoms with Gasteiger partial charge in [-0.05, 0) is 30.7 Å². The molecule has 236 valence electrons. The molecule has 1 aromatic rings. The molecule has 0 amide bonds. The summed E-state index contributed by atoms with van der Waals surface area (Å²) in [4.78, 5) is 22.7. The quantitative estimate of drug-likeness (QED) is 0.109. The number of anilines is 1. The monoisotopic (exact) mass is 587 g/mol. The molecule has 0 aliphatic carbocycles. The first-order valence-electron chi connectivity index (χ1n) is 14.3. The Morgan fingerprint density at radius 2 is 0.927 bits per heavy atom. The van der Waals surface area contributed by atoms with Crippen molar-refractivity contribution in [1.82, 2.24) is 0 Å². The van der Waals surface area contributed by atoms with E-state index in [1.807, 2.05) is 12.1 Å². The van der Waals surface area contributed by atoms with E-state index in [1.165, 1.54) is 6.92 Å². The number of carbonyl (C=O) groups is 2. The molecule has 0 spiro atoms.